The second kappa shape index (κ2) is 6.60. The topological polar surface area (TPSA) is 81.4 Å². The number of aryl methyl sites for hydroxylation is 2. The molecule has 126 valence electrons. The van der Waals surface area contributed by atoms with E-state index in [1.807, 2.05) is 18.7 Å². The van der Waals surface area contributed by atoms with Gasteiger partial charge in [0.25, 0.3) is 0 Å². The van der Waals surface area contributed by atoms with Gasteiger partial charge in [0, 0.05) is 18.1 Å². The summed E-state index contributed by atoms with van der Waals surface area (Å²) < 4.78 is 5.71. The SMILES string of the molecule is Cc1cc(Oc2ncnc(N3CCCC3)c2[N+](=O)[O-])cc(C)c1Cl. The lowest BCUT2D eigenvalue weighted by Crippen LogP contribution is -2.20. The molecule has 0 radical (unpaired) electrons. The minimum absolute atomic E-state index is 0.0574. The molecule has 0 unspecified atom stereocenters. The van der Waals surface area contributed by atoms with Gasteiger partial charge < -0.3 is 9.64 Å². The van der Waals surface area contributed by atoms with Gasteiger partial charge in [0.1, 0.15) is 12.1 Å². The van der Waals surface area contributed by atoms with Crippen LogP contribution in [0.15, 0.2) is 18.5 Å². The van der Waals surface area contributed by atoms with Gasteiger partial charge in [-0.25, -0.2) is 4.98 Å². The van der Waals surface area contributed by atoms with E-state index in [0.717, 1.165) is 37.1 Å². The number of ether oxygens (including phenoxy) is 1. The van der Waals surface area contributed by atoms with Crippen LogP contribution >= 0.6 is 11.6 Å². The summed E-state index contributed by atoms with van der Waals surface area (Å²) >= 11 is 6.15. The third kappa shape index (κ3) is 3.12. The Labute approximate surface area is 144 Å². The van der Waals surface area contributed by atoms with Crippen LogP contribution in [0.2, 0.25) is 5.02 Å². The summed E-state index contributed by atoms with van der Waals surface area (Å²) in [6.45, 7) is 5.20. The van der Waals surface area contributed by atoms with Crippen LogP contribution < -0.4 is 9.64 Å². The van der Waals surface area contributed by atoms with E-state index in [-0.39, 0.29) is 11.6 Å². The Morgan fingerprint density at radius 1 is 1.21 bits per heavy atom. The zero-order valence-electron chi connectivity index (χ0n) is 13.5. The van der Waals surface area contributed by atoms with Crippen molar-refractivity contribution >= 4 is 23.1 Å². The third-order valence-electron chi connectivity index (χ3n) is 3.98. The second-order valence-electron chi connectivity index (χ2n) is 5.78. The molecule has 1 saturated heterocycles. The van der Waals surface area contributed by atoms with Crippen LogP contribution in [0.1, 0.15) is 24.0 Å². The molecule has 8 heteroatoms. The molecule has 0 saturated carbocycles. The number of halogens is 1. The minimum atomic E-state index is -0.487. The van der Waals surface area contributed by atoms with Crippen LogP contribution in [0.3, 0.4) is 0 Å². The summed E-state index contributed by atoms with van der Waals surface area (Å²) in [6.07, 6.45) is 3.28. The smallest absolute Gasteiger partial charge is 0.373 e. The molecular formula is C16H17ClN4O3. The Balaban J connectivity index is 2.01. The van der Waals surface area contributed by atoms with Gasteiger partial charge in [0.05, 0.1) is 4.92 Å². The van der Waals surface area contributed by atoms with Crippen molar-refractivity contribution in [2.45, 2.75) is 26.7 Å². The summed E-state index contributed by atoms with van der Waals surface area (Å²) in [7, 11) is 0. The molecule has 0 spiro atoms. The summed E-state index contributed by atoms with van der Waals surface area (Å²) in [6, 6.07) is 3.47. The average molecular weight is 349 g/mol. The summed E-state index contributed by atoms with van der Waals surface area (Å²) in [4.78, 5) is 21.1. The highest BCUT2D eigenvalue weighted by Crippen LogP contribution is 2.38. The van der Waals surface area contributed by atoms with Gasteiger partial charge in [-0.15, -0.1) is 0 Å². The van der Waals surface area contributed by atoms with Crippen LogP contribution in [-0.4, -0.2) is 28.0 Å². The van der Waals surface area contributed by atoms with Crippen molar-refractivity contribution in [1.82, 2.24) is 9.97 Å². The van der Waals surface area contributed by atoms with E-state index in [9.17, 15) is 10.1 Å². The lowest BCUT2D eigenvalue weighted by molar-refractivity contribution is -0.385. The van der Waals surface area contributed by atoms with Crippen LogP contribution in [0.4, 0.5) is 11.5 Å². The first-order chi connectivity index (χ1) is 11.5. The van der Waals surface area contributed by atoms with Gasteiger partial charge >= 0.3 is 11.6 Å². The maximum Gasteiger partial charge on any atom is 0.373 e. The first kappa shape index (κ1) is 16.4. The number of hydrogen-bond acceptors (Lipinski definition) is 6. The Morgan fingerprint density at radius 3 is 2.42 bits per heavy atom. The highest BCUT2D eigenvalue weighted by atomic mass is 35.5. The molecule has 1 fully saturated rings. The van der Waals surface area contributed by atoms with Crippen LogP contribution in [0, 0.1) is 24.0 Å². The predicted octanol–water partition coefficient (Wildman–Crippen LogP) is 4.05. The molecule has 0 amide bonds. The third-order valence-corrected chi connectivity index (χ3v) is 4.58. The van der Waals surface area contributed by atoms with Crippen LogP contribution in [0.25, 0.3) is 0 Å². The van der Waals surface area contributed by atoms with Gasteiger partial charge in [-0.3, -0.25) is 10.1 Å². The fourth-order valence-electron chi connectivity index (χ4n) is 2.83. The number of benzene rings is 1. The molecule has 2 heterocycles. The van der Waals surface area contributed by atoms with Crippen LogP contribution in [-0.2, 0) is 0 Å². The first-order valence-corrected chi connectivity index (χ1v) is 8.04. The van der Waals surface area contributed by atoms with E-state index < -0.39 is 4.92 Å². The monoisotopic (exact) mass is 348 g/mol. The average Bonchev–Trinajstić information content (AvgIpc) is 3.06. The van der Waals surface area contributed by atoms with Gasteiger partial charge in [-0.05, 0) is 49.9 Å². The van der Waals surface area contributed by atoms with E-state index >= 15 is 0 Å². The van der Waals surface area contributed by atoms with E-state index in [2.05, 4.69) is 9.97 Å². The summed E-state index contributed by atoms with van der Waals surface area (Å²) in [5, 5.41) is 12.2. The van der Waals surface area contributed by atoms with Crippen molar-refractivity contribution in [2.75, 3.05) is 18.0 Å². The molecule has 0 aliphatic carbocycles. The predicted molar refractivity (Wildman–Crippen MR) is 91.1 cm³/mol. The van der Waals surface area contributed by atoms with Gasteiger partial charge in [-0.1, -0.05) is 11.6 Å². The second-order valence-corrected chi connectivity index (χ2v) is 6.15. The molecular weight excluding hydrogens is 332 g/mol. The minimum Gasteiger partial charge on any atom is -0.434 e. The molecule has 1 aliphatic heterocycles. The first-order valence-electron chi connectivity index (χ1n) is 7.66. The molecule has 0 atom stereocenters. The van der Waals surface area contributed by atoms with Crippen molar-refractivity contribution in [3.05, 3.63) is 44.7 Å². The van der Waals surface area contributed by atoms with Crippen molar-refractivity contribution in [1.29, 1.82) is 0 Å². The standard InChI is InChI=1S/C16H17ClN4O3/c1-10-7-12(8-11(2)13(10)17)24-16-14(21(22)23)15(18-9-19-16)20-5-3-4-6-20/h7-9H,3-6H2,1-2H3. The van der Waals surface area contributed by atoms with Crippen molar-refractivity contribution in [3.63, 3.8) is 0 Å². The lowest BCUT2D eigenvalue weighted by Gasteiger charge is -2.17. The molecule has 1 aromatic heterocycles. The van der Waals surface area contributed by atoms with Crippen molar-refractivity contribution < 1.29 is 9.66 Å². The fourth-order valence-corrected chi connectivity index (χ4v) is 2.93. The quantitative estimate of drug-likeness (QED) is 0.612. The number of nitro groups is 1. The van der Waals surface area contributed by atoms with Crippen molar-refractivity contribution in [3.8, 4) is 11.6 Å². The Hall–Kier alpha value is -2.41. The molecule has 3 rings (SSSR count). The highest BCUT2D eigenvalue weighted by Gasteiger charge is 2.30. The Morgan fingerprint density at radius 2 is 1.83 bits per heavy atom. The Kier molecular flexibility index (Phi) is 4.53. The molecule has 0 bridgehead atoms. The largest absolute Gasteiger partial charge is 0.434 e. The zero-order chi connectivity index (χ0) is 17.3. The maximum absolute atomic E-state index is 11.6. The number of aromatic nitrogens is 2. The molecule has 1 aliphatic rings. The molecule has 2 aromatic rings. The molecule has 0 N–H and O–H groups in total. The highest BCUT2D eigenvalue weighted by molar-refractivity contribution is 6.32. The van der Waals surface area contributed by atoms with E-state index in [1.165, 1.54) is 6.33 Å². The fraction of sp³-hybridized carbons (Fsp3) is 0.375. The van der Waals surface area contributed by atoms with Gasteiger partial charge in [-0.2, -0.15) is 4.98 Å². The summed E-state index contributed by atoms with van der Waals surface area (Å²) in [5.41, 5.74) is 1.47. The van der Waals surface area contributed by atoms with Crippen LogP contribution in [0.5, 0.6) is 11.6 Å². The van der Waals surface area contributed by atoms with E-state index in [1.54, 1.807) is 12.1 Å². The maximum atomic E-state index is 11.6. The number of anilines is 1. The molecule has 24 heavy (non-hydrogen) atoms. The van der Waals surface area contributed by atoms with E-state index in [0.29, 0.717) is 16.6 Å². The number of rotatable bonds is 4. The van der Waals surface area contributed by atoms with Crippen molar-refractivity contribution in [2.24, 2.45) is 0 Å². The number of hydrogen-bond donors (Lipinski definition) is 0. The van der Waals surface area contributed by atoms with Gasteiger partial charge in [0.2, 0.25) is 5.82 Å². The molecule has 1 aromatic carbocycles. The normalized spacial score (nSPS) is 14.0. The lowest BCUT2D eigenvalue weighted by atomic mass is 10.1. The number of nitrogens with zero attached hydrogens (tertiary/aromatic N) is 4. The van der Waals surface area contributed by atoms with E-state index in [4.69, 9.17) is 16.3 Å². The Bertz CT molecular complexity index is 768. The zero-order valence-corrected chi connectivity index (χ0v) is 14.2. The summed E-state index contributed by atoms with van der Waals surface area (Å²) in [5.74, 6) is 0.714. The van der Waals surface area contributed by atoms with Gasteiger partial charge in [0.15, 0.2) is 0 Å². The molecule has 7 nitrogen and oxygen atoms in total.